The number of carbonyl (C=O) groups is 2. The van der Waals surface area contributed by atoms with Crippen molar-refractivity contribution in [3.8, 4) is 0 Å². The van der Waals surface area contributed by atoms with E-state index in [1.54, 1.807) is 18.2 Å². The molecule has 1 aromatic rings. The van der Waals surface area contributed by atoms with Crippen LogP contribution in [0.1, 0.15) is 39.1 Å². The van der Waals surface area contributed by atoms with E-state index in [0.717, 1.165) is 18.4 Å². The zero-order valence-electron chi connectivity index (χ0n) is 11.5. The molecule has 4 nitrogen and oxygen atoms in total. The summed E-state index contributed by atoms with van der Waals surface area (Å²) in [6, 6.07) is 4.82. The minimum absolute atomic E-state index is 0.412. The summed E-state index contributed by atoms with van der Waals surface area (Å²) < 4.78 is 9.50. The molecule has 0 aliphatic heterocycles. The van der Waals surface area contributed by atoms with Crippen LogP contribution in [-0.2, 0) is 9.47 Å². The fourth-order valence-corrected chi connectivity index (χ4v) is 2.13. The zero-order chi connectivity index (χ0) is 14.5. The van der Waals surface area contributed by atoms with Gasteiger partial charge >= 0.3 is 11.9 Å². The Hall–Kier alpha value is -2.36. The van der Waals surface area contributed by atoms with Gasteiger partial charge in [0, 0.05) is 0 Å². The third-order valence-corrected chi connectivity index (χ3v) is 3.15. The fraction of sp³-hybridized carbons (Fsp3) is 0.250. The van der Waals surface area contributed by atoms with E-state index in [9.17, 15) is 9.59 Å². The van der Waals surface area contributed by atoms with Crippen molar-refractivity contribution in [1.82, 2.24) is 0 Å². The molecule has 1 aliphatic carbocycles. The number of carbonyl (C=O) groups excluding carboxylic acids is 2. The van der Waals surface area contributed by atoms with E-state index in [0.29, 0.717) is 16.7 Å². The third-order valence-electron chi connectivity index (χ3n) is 3.15. The van der Waals surface area contributed by atoms with Crippen LogP contribution in [0.3, 0.4) is 0 Å². The number of ether oxygens (including phenoxy) is 2. The van der Waals surface area contributed by atoms with Gasteiger partial charge in [0.25, 0.3) is 0 Å². The molecule has 20 heavy (non-hydrogen) atoms. The van der Waals surface area contributed by atoms with Gasteiger partial charge in [-0.25, -0.2) is 9.59 Å². The van der Waals surface area contributed by atoms with E-state index in [1.807, 2.05) is 18.2 Å². The number of hydrogen-bond donors (Lipinski definition) is 0. The van der Waals surface area contributed by atoms with Gasteiger partial charge in [0.05, 0.1) is 25.3 Å². The summed E-state index contributed by atoms with van der Waals surface area (Å²) in [7, 11) is 2.67. The van der Waals surface area contributed by atoms with Gasteiger partial charge in [-0.3, -0.25) is 0 Å². The van der Waals surface area contributed by atoms with Crippen molar-refractivity contribution >= 4 is 17.5 Å². The van der Waals surface area contributed by atoms with Crippen molar-refractivity contribution in [2.24, 2.45) is 0 Å². The highest BCUT2D eigenvalue weighted by molar-refractivity contribution is 5.99. The molecular formula is C16H16O4. The molecule has 0 amide bonds. The van der Waals surface area contributed by atoms with E-state index < -0.39 is 11.9 Å². The lowest BCUT2D eigenvalue weighted by atomic mass is 9.93. The van der Waals surface area contributed by atoms with Crippen LogP contribution < -0.4 is 0 Å². The van der Waals surface area contributed by atoms with E-state index in [2.05, 4.69) is 0 Å². The molecule has 0 saturated heterocycles. The summed E-state index contributed by atoms with van der Waals surface area (Å²) in [5, 5.41) is 0. The summed E-state index contributed by atoms with van der Waals surface area (Å²) in [4.78, 5) is 23.5. The van der Waals surface area contributed by atoms with E-state index in [1.165, 1.54) is 14.2 Å². The molecule has 1 aliphatic rings. The van der Waals surface area contributed by atoms with Crippen LogP contribution in [0.4, 0.5) is 0 Å². The van der Waals surface area contributed by atoms with Gasteiger partial charge in [-0.1, -0.05) is 18.2 Å². The van der Waals surface area contributed by atoms with Crippen LogP contribution in [0, 0.1) is 0 Å². The van der Waals surface area contributed by atoms with Crippen LogP contribution >= 0.6 is 0 Å². The van der Waals surface area contributed by atoms with Crippen molar-refractivity contribution in [2.45, 2.75) is 12.8 Å². The van der Waals surface area contributed by atoms with Gasteiger partial charge in [0.15, 0.2) is 0 Å². The Balaban J connectivity index is 2.53. The van der Waals surface area contributed by atoms with Gasteiger partial charge in [0.2, 0.25) is 0 Å². The Morgan fingerprint density at radius 2 is 1.80 bits per heavy atom. The highest BCUT2D eigenvalue weighted by Gasteiger charge is 2.17. The molecule has 0 bridgehead atoms. The van der Waals surface area contributed by atoms with E-state index in [4.69, 9.17) is 9.47 Å². The van der Waals surface area contributed by atoms with Gasteiger partial charge < -0.3 is 9.47 Å². The van der Waals surface area contributed by atoms with Gasteiger partial charge in [-0.2, -0.15) is 0 Å². The zero-order valence-corrected chi connectivity index (χ0v) is 11.5. The first-order valence-electron chi connectivity index (χ1n) is 6.35. The summed E-state index contributed by atoms with van der Waals surface area (Å²) in [6.07, 6.45) is 7.93. The van der Waals surface area contributed by atoms with Crippen molar-refractivity contribution in [2.75, 3.05) is 14.2 Å². The summed E-state index contributed by atoms with van der Waals surface area (Å²) in [6.45, 7) is 0. The fourth-order valence-electron chi connectivity index (χ4n) is 2.13. The first-order chi connectivity index (χ1) is 9.67. The SMILES string of the molecule is COC(=O)c1ccc(C(=O)OC)c(C2=CCCC=C2)c1. The summed E-state index contributed by atoms with van der Waals surface area (Å²) in [5.41, 5.74) is 2.46. The Morgan fingerprint density at radius 1 is 1.05 bits per heavy atom. The van der Waals surface area contributed by atoms with Crippen molar-refractivity contribution in [1.29, 1.82) is 0 Å². The minimum Gasteiger partial charge on any atom is -0.465 e. The smallest absolute Gasteiger partial charge is 0.338 e. The average molecular weight is 272 g/mol. The van der Waals surface area contributed by atoms with Crippen LogP contribution in [0.5, 0.6) is 0 Å². The lowest BCUT2D eigenvalue weighted by Gasteiger charge is -2.13. The molecule has 4 heteroatoms. The molecular weight excluding hydrogens is 256 g/mol. The molecule has 0 radical (unpaired) electrons. The minimum atomic E-state index is -0.428. The maximum Gasteiger partial charge on any atom is 0.338 e. The molecule has 1 aromatic carbocycles. The number of benzene rings is 1. The van der Waals surface area contributed by atoms with Gasteiger partial charge in [-0.15, -0.1) is 0 Å². The summed E-state index contributed by atoms with van der Waals surface area (Å²) >= 11 is 0. The molecule has 0 saturated carbocycles. The number of methoxy groups -OCH3 is 2. The second-order valence-corrected chi connectivity index (χ2v) is 4.38. The maximum absolute atomic E-state index is 11.8. The number of esters is 2. The van der Waals surface area contributed by atoms with E-state index >= 15 is 0 Å². The van der Waals surface area contributed by atoms with Crippen LogP contribution in [0.15, 0.2) is 36.4 Å². The highest BCUT2D eigenvalue weighted by atomic mass is 16.5. The van der Waals surface area contributed by atoms with Gasteiger partial charge in [0.1, 0.15) is 0 Å². The molecule has 0 spiro atoms. The molecule has 0 heterocycles. The standard InChI is InChI=1S/C16H16O4/c1-19-15(17)12-8-9-13(16(18)20-2)14(10-12)11-6-4-3-5-7-11/h4,6-10H,3,5H2,1-2H3. The average Bonchev–Trinajstić information content (AvgIpc) is 2.53. The first kappa shape index (κ1) is 14.1. The first-order valence-corrected chi connectivity index (χ1v) is 6.35. The van der Waals surface area contributed by atoms with Crippen LogP contribution in [-0.4, -0.2) is 26.2 Å². The highest BCUT2D eigenvalue weighted by Crippen LogP contribution is 2.26. The molecule has 0 atom stereocenters. The number of rotatable bonds is 3. The van der Waals surface area contributed by atoms with Crippen molar-refractivity contribution in [3.05, 3.63) is 53.1 Å². The quantitative estimate of drug-likeness (QED) is 0.794. The lowest BCUT2D eigenvalue weighted by molar-refractivity contribution is 0.0586. The second-order valence-electron chi connectivity index (χ2n) is 4.38. The maximum atomic E-state index is 11.8. The third kappa shape index (κ3) is 2.79. The number of hydrogen-bond acceptors (Lipinski definition) is 4. The Bertz CT molecular complexity index is 596. The van der Waals surface area contributed by atoms with Crippen LogP contribution in [0.2, 0.25) is 0 Å². The summed E-state index contributed by atoms with van der Waals surface area (Å²) in [5.74, 6) is -0.848. The Labute approximate surface area is 117 Å². The topological polar surface area (TPSA) is 52.6 Å². The predicted molar refractivity (Wildman–Crippen MR) is 75.5 cm³/mol. The molecule has 0 N–H and O–H groups in total. The van der Waals surface area contributed by atoms with Gasteiger partial charge in [-0.05, 0) is 42.2 Å². The predicted octanol–water partition coefficient (Wildman–Crippen LogP) is 2.99. The monoisotopic (exact) mass is 272 g/mol. The van der Waals surface area contributed by atoms with Crippen molar-refractivity contribution < 1.29 is 19.1 Å². The Kier molecular flexibility index (Phi) is 4.35. The molecule has 0 aromatic heterocycles. The molecule has 0 fully saturated rings. The molecule has 2 rings (SSSR count). The van der Waals surface area contributed by atoms with Crippen molar-refractivity contribution in [3.63, 3.8) is 0 Å². The van der Waals surface area contributed by atoms with Crippen LogP contribution in [0.25, 0.3) is 5.57 Å². The number of allylic oxidation sites excluding steroid dienone is 4. The Morgan fingerprint density at radius 3 is 2.40 bits per heavy atom. The normalized spacial score (nSPS) is 13.6. The van der Waals surface area contributed by atoms with E-state index in [-0.39, 0.29) is 0 Å². The lowest BCUT2D eigenvalue weighted by Crippen LogP contribution is -2.09. The molecule has 104 valence electrons. The second kappa shape index (κ2) is 6.19. The largest absolute Gasteiger partial charge is 0.465 e. The molecule has 0 unspecified atom stereocenters.